The molecule has 1 fully saturated rings. The standard InChI is InChI=1S/C29H30NPS/c1-2-6-12-24(11-5-1)28-22-32-29(30-28)21-23-17-19-27(20-18-23)31(25-13-7-3-8-14-25)26-15-9-4-10-16-26/h3-4,7-10,13-20,22,24H,1-2,5-6,11-12,21H2. The highest BCUT2D eigenvalue weighted by Gasteiger charge is 2.18. The Morgan fingerprint density at radius 2 is 1.25 bits per heavy atom. The lowest BCUT2D eigenvalue weighted by atomic mass is 9.97. The molecule has 162 valence electrons. The number of aromatic nitrogens is 1. The smallest absolute Gasteiger partial charge is 0.0972 e. The van der Waals surface area contributed by atoms with Crippen LogP contribution in [0.1, 0.15) is 60.7 Å². The van der Waals surface area contributed by atoms with Crippen LogP contribution in [0.5, 0.6) is 0 Å². The predicted molar refractivity (Wildman–Crippen MR) is 141 cm³/mol. The molecule has 1 saturated carbocycles. The van der Waals surface area contributed by atoms with E-state index in [0.717, 1.165) is 6.42 Å². The molecule has 1 aliphatic rings. The first-order valence-electron chi connectivity index (χ1n) is 11.8. The Morgan fingerprint density at radius 3 is 1.84 bits per heavy atom. The maximum Gasteiger partial charge on any atom is 0.0972 e. The van der Waals surface area contributed by atoms with E-state index in [0.29, 0.717) is 5.92 Å². The summed E-state index contributed by atoms with van der Waals surface area (Å²) < 4.78 is 0. The Balaban J connectivity index is 1.34. The van der Waals surface area contributed by atoms with Gasteiger partial charge in [-0.3, -0.25) is 0 Å². The summed E-state index contributed by atoms with van der Waals surface area (Å²) in [4.78, 5) is 5.05. The summed E-state index contributed by atoms with van der Waals surface area (Å²) in [5.41, 5.74) is 2.70. The topological polar surface area (TPSA) is 12.9 Å². The number of rotatable bonds is 6. The van der Waals surface area contributed by atoms with Crippen LogP contribution in [0, 0.1) is 0 Å². The summed E-state index contributed by atoms with van der Waals surface area (Å²) in [6.45, 7) is 0. The van der Waals surface area contributed by atoms with Crippen molar-refractivity contribution in [1.29, 1.82) is 0 Å². The second kappa shape index (κ2) is 10.6. The lowest BCUT2D eigenvalue weighted by Gasteiger charge is -2.19. The summed E-state index contributed by atoms with van der Waals surface area (Å²) in [5, 5.41) is 7.78. The molecule has 5 rings (SSSR count). The van der Waals surface area contributed by atoms with Crippen LogP contribution in [0.2, 0.25) is 0 Å². The van der Waals surface area contributed by atoms with Crippen LogP contribution in [0.3, 0.4) is 0 Å². The number of nitrogens with zero attached hydrogens (tertiary/aromatic N) is 1. The largest absolute Gasteiger partial charge is 0.246 e. The van der Waals surface area contributed by atoms with E-state index in [1.54, 1.807) is 0 Å². The minimum absolute atomic E-state index is 0.538. The van der Waals surface area contributed by atoms with Gasteiger partial charge in [0.1, 0.15) is 0 Å². The molecular formula is C29H30NPS. The van der Waals surface area contributed by atoms with Crippen LogP contribution in [0.15, 0.2) is 90.3 Å². The van der Waals surface area contributed by atoms with Gasteiger partial charge in [0, 0.05) is 17.7 Å². The van der Waals surface area contributed by atoms with E-state index in [9.17, 15) is 0 Å². The molecule has 3 heteroatoms. The first kappa shape index (κ1) is 21.6. The van der Waals surface area contributed by atoms with Gasteiger partial charge in [0.25, 0.3) is 0 Å². The van der Waals surface area contributed by atoms with Gasteiger partial charge in [0.15, 0.2) is 0 Å². The molecule has 0 spiro atoms. The number of hydrogen-bond donors (Lipinski definition) is 0. The van der Waals surface area contributed by atoms with Gasteiger partial charge in [-0.2, -0.15) is 0 Å². The van der Waals surface area contributed by atoms with Crippen LogP contribution in [-0.4, -0.2) is 4.98 Å². The molecule has 1 aliphatic carbocycles. The molecule has 0 aliphatic heterocycles. The Bertz CT molecular complexity index is 1060. The average Bonchev–Trinajstić information content (AvgIpc) is 3.13. The fourth-order valence-electron chi connectivity index (χ4n) is 4.71. The Labute approximate surface area is 197 Å². The Morgan fingerprint density at radius 1 is 0.688 bits per heavy atom. The van der Waals surface area contributed by atoms with Crippen molar-refractivity contribution in [2.45, 2.75) is 50.9 Å². The monoisotopic (exact) mass is 455 g/mol. The lowest BCUT2D eigenvalue weighted by molar-refractivity contribution is 0.579. The molecule has 0 atom stereocenters. The van der Waals surface area contributed by atoms with Crippen molar-refractivity contribution in [3.8, 4) is 0 Å². The van der Waals surface area contributed by atoms with Crippen molar-refractivity contribution in [2.75, 3.05) is 0 Å². The zero-order valence-electron chi connectivity index (χ0n) is 18.5. The van der Waals surface area contributed by atoms with E-state index in [1.165, 1.54) is 70.7 Å². The summed E-state index contributed by atoms with van der Waals surface area (Å²) in [7, 11) is -0.538. The summed E-state index contributed by atoms with van der Waals surface area (Å²) in [6.07, 6.45) is 9.10. The predicted octanol–water partition coefficient (Wildman–Crippen LogP) is 6.93. The number of benzene rings is 3. The zero-order chi connectivity index (χ0) is 21.6. The molecule has 1 aromatic heterocycles. The van der Waals surface area contributed by atoms with Crippen LogP contribution in [0.25, 0.3) is 0 Å². The van der Waals surface area contributed by atoms with Crippen molar-refractivity contribution < 1.29 is 0 Å². The van der Waals surface area contributed by atoms with Crippen LogP contribution < -0.4 is 15.9 Å². The summed E-state index contributed by atoms with van der Waals surface area (Å²) in [6, 6.07) is 31.1. The van der Waals surface area contributed by atoms with E-state index >= 15 is 0 Å². The van der Waals surface area contributed by atoms with E-state index in [1.807, 2.05) is 11.3 Å². The molecule has 0 N–H and O–H groups in total. The third-order valence-electron chi connectivity index (χ3n) is 6.42. The van der Waals surface area contributed by atoms with Gasteiger partial charge in [0.05, 0.1) is 10.7 Å². The first-order valence-corrected chi connectivity index (χ1v) is 14.0. The van der Waals surface area contributed by atoms with Crippen molar-refractivity contribution in [2.24, 2.45) is 0 Å². The maximum absolute atomic E-state index is 5.05. The number of hydrogen-bond acceptors (Lipinski definition) is 2. The minimum atomic E-state index is -0.538. The third-order valence-corrected chi connectivity index (χ3v) is 9.73. The quantitative estimate of drug-likeness (QED) is 0.227. The van der Waals surface area contributed by atoms with Crippen molar-refractivity contribution in [3.05, 3.63) is 107 Å². The minimum Gasteiger partial charge on any atom is -0.246 e. The van der Waals surface area contributed by atoms with Gasteiger partial charge in [-0.15, -0.1) is 11.3 Å². The highest BCUT2D eigenvalue weighted by Crippen LogP contribution is 2.34. The fraction of sp³-hybridized carbons (Fsp3) is 0.276. The Kier molecular flexibility index (Phi) is 7.11. The van der Waals surface area contributed by atoms with Crippen molar-refractivity contribution in [1.82, 2.24) is 4.98 Å². The van der Waals surface area contributed by atoms with E-state index in [-0.39, 0.29) is 0 Å². The van der Waals surface area contributed by atoms with Crippen LogP contribution >= 0.6 is 19.3 Å². The van der Waals surface area contributed by atoms with Gasteiger partial charge in [-0.05, 0) is 42.2 Å². The molecule has 3 aromatic carbocycles. The average molecular weight is 456 g/mol. The molecule has 1 heterocycles. The third kappa shape index (κ3) is 5.20. The normalized spacial score (nSPS) is 15.0. The maximum atomic E-state index is 5.05. The van der Waals surface area contributed by atoms with Crippen LogP contribution in [-0.2, 0) is 6.42 Å². The van der Waals surface area contributed by atoms with Crippen molar-refractivity contribution in [3.63, 3.8) is 0 Å². The zero-order valence-corrected chi connectivity index (χ0v) is 20.2. The molecule has 0 amide bonds. The van der Waals surface area contributed by atoms with Gasteiger partial charge in [0.2, 0.25) is 0 Å². The van der Waals surface area contributed by atoms with Crippen molar-refractivity contribution >= 4 is 35.2 Å². The molecule has 32 heavy (non-hydrogen) atoms. The second-order valence-electron chi connectivity index (χ2n) is 8.70. The van der Waals surface area contributed by atoms with Gasteiger partial charge in [-0.25, -0.2) is 4.98 Å². The van der Waals surface area contributed by atoms with Crippen LogP contribution in [0.4, 0.5) is 0 Å². The van der Waals surface area contributed by atoms with Gasteiger partial charge in [-0.1, -0.05) is 111 Å². The highest BCUT2D eigenvalue weighted by molar-refractivity contribution is 7.79. The molecule has 1 nitrogen and oxygen atoms in total. The molecular weight excluding hydrogens is 425 g/mol. The molecule has 0 radical (unpaired) electrons. The Hall–Kier alpha value is -2.28. The first-order chi connectivity index (χ1) is 15.9. The summed E-state index contributed by atoms with van der Waals surface area (Å²) >= 11 is 1.84. The number of thiazole rings is 1. The van der Waals surface area contributed by atoms with E-state index in [2.05, 4.69) is 90.3 Å². The SMILES string of the molecule is c1ccc(P(c2ccccc2)c2ccc(Cc3nc(C4CCCCCC4)cs3)cc2)cc1. The molecule has 0 saturated heterocycles. The van der Waals surface area contributed by atoms with Gasteiger partial charge >= 0.3 is 0 Å². The summed E-state index contributed by atoms with van der Waals surface area (Å²) in [5.74, 6) is 0.685. The molecule has 0 unspecified atom stereocenters. The molecule has 4 aromatic rings. The van der Waals surface area contributed by atoms with E-state index < -0.39 is 7.92 Å². The van der Waals surface area contributed by atoms with E-state index in [4.69, 9.17) is 4.98 Å². The highest BCUT2D eigenvalue weighted by atomic mass is 32.1. The lowest BCUT2D eigenvalue weighted by Crippen LogP contribution is -2.20. The second-order valence-corrected chi connectivity index (χ2v) is 11.9. The van der Waals surface area contributed by atoms with Gasteiger partial charge < -0.3 is 0 Å². The molecule has 0 bridgehead atoms. The fourth-order valence-corrected chi connectivity index (χ4v) is 7.90.